The van der Waals surface area contributed by atoms with Crippen molar-refractivity contribution >= 4 is 41.5 Å². The number of hydrogen-bond acceptors (Lipinski definition) is 12. The van der Waals surface area contributed by atoms with Crippen LogP contribution in [0.2, 0.25) is 0 Å². The van der Waals surface area contributed by atoms with Crippen LogP contribution in [0.4, 0.5) is 0 Å². The minimum absolute atomic E-state index is 0.0431. The zero-order chi connectivity index (χ0) is 50.5. The first-order valence-electron chi connectivity index (χ1n) is 26.5. The maximum absolute atomic E-state index is 16.2. The molecule has 1 aromatic heterocycles. The standard InChI is InChI=1S/C56H72N6O9S/c1-57-34-60-41(51(66)67)16-17-43(63)61-42(49(64)62-50(65)52(68)69)33-72-48-47-45-40(54(20-4-5-21-54)22-6-7-23-55(48)24-8-9-25-55)32-39(30-35-18-28-58-29-19-35)44-46-38(15-11-27-59-46)31-37-13-3-2-12-36(37)14-10-26-56(44,45)53(70)71-47/h2-3,12-13,18-19,28-29,38,40-42,46,48,50,57,59-60,65H,4-9,11,14-17,20-25,27,30-34H2,1H3,(H,61,63)(H,62,64)(H,66,67)(H,68,69). The molecule has 16 heteroatoms. The van der Waals surface area contributed by atoms with Gasteiger partial charge in [-0.3, -0.25) is 24.7 Å². The van der Waals surface area contributed by atoms with Crippen LogP contribution in [-0.2, 0) is 48.0 Å². The van der Waals surface area contributed by atoms with Gasteiger partial charge in [-0.15, -0.1) is 11.8 Å². The van der Waals surface area contributed by atoms with E-state index in [0.717, 1.165) is 126 Å². The number of piperidine rings is 1. The van der Waals surface area contributed by atoms with E-state index < -0.39 is 52.7 Å². The molecule has 2 aromatic rings. The van der Waals surface area contributed by atoms with E-state index in [9.17, 15) is 34.5 Å². The summed E-state index contributed by atoms with van der Waals surface area (Å²) in [6.07, 6.45) is 17.9. The van der Waals surface area contributed by atoms with Crippen LogP contribution in [0.3, 0.4) is 0 Å². The minimum atomic E-state index is -2.23. The summed E-state index contributed by atoms with van der Waals surface area (Å²) in [4.78, 5) is 72.3. The van der Waals surface area contributed by atoms with Crippen LogP contribution in [-0.4, -0.2) is 106 Å². The van der Waals surface area contributed by atoms with Gasteiger partial charge in [0.05, 0.1) is 5.25 Å². The summed E-state index contributed by atoms with van der Waals surface area (Å²) in [5.41, 5.74) is 5.08. The predicted octanol–water partition coefficient (Wildman–Crippen LogP) is 5.71. The van der Waals surface area contributed by atoms with Crippen molar-refractivity contribution in [2.45, 2.75) is 158 Å². The molecule has 8 N–H and O–H groups in total. The summed E-state index contributed by atoms with van der Waals surface area (Å²) >= 11 is 1.46. The summed E-state index contributed by atoms with van der Waals surface area (Å²) in [7, 11) is 1.66. The van der Waals surface area contributed by atoms with Crippen LogP contribution >= 0.6 is 11.8 Å². The molecule has 3 spiro atoms. The summed E-state index contributed by atoms with van der Waals surface area (Å²) < 4.78 is 7.15. The van der Waals surface area contributed by atoms with Crippen molar-refractivity contribution in [1.29, 1.82) is 0 Å². The van der Waals surface area contributed by atoms with E-state index in [4.69, 9.17) is 4.74 Å². The molecular formula is C56H72N6O9S. The summed E-state index contributed by atoms with van der Waals surface area (Å²) in [6.45, 7) is 1.01. The normalized spacial score (nSPS) is 27.4. The van der Waals surface area contributed by atoms with Gasteiger partial charge < -0.3 is 41.3 Å². The number of ether oxygens (including phenoxy) is 1. The first-order valence-corrected chi connectivity index (χ1v) is 27.5. The number of aromatic nitrogens is 1. The molecule has 386 valence electrons. The van der Waals surface area contributed by atoms with E-state index in [0.29, 0.717) is 18.6 Å². The number of nitrogens with one attached hydrogen (secondary N) is 5. The lowest BCUT2D eigenvalue weighted by atomic mass is 9.52. The molecule has 8 atom stereocenters. The van der Waals surface area contributed by atoms with Gasteiger partial charge in [0.25, 0.3) is 0 Å². The van der Waals surface area contributed by atoms with Crippen LogP contribution < -0.4 is 26.6 Å². The van der Waals surface area contributed by atoms with Gasteiger partial charge in [-0.05, 0) is 148 Å². The predicted molar refractivity (Wildman–Crippen MR) is 273 cm³/mol. The number of allylic oxidation sites excluding steroid dienone is 1. The molecule has 0 bridgehead atoms. The van der Waals surface area contributed by atoms with E-state index in [1.807, 2.05) is 12.4 Å². The molecule has 0 radical (unpaired) electrons. The van der Waals surface area contributed by atoms with Gasteiger partial charge in [-0.2, -0.15) is 0 Å². The smallest absolute Gasteiger partial charge is 0.353 e. The number of thioether (sulfide) groups is 1. The molecule has 8 unspecified atom stereocenters. The van der Waals surface area contributed by atoms with Crippen molar-refractivity contribution in [3.63, 3.8) is 0 Å². The maximum atomic E-state index is 16.2. The van der Waals surface area contributed by atoms with Crippen LogP contribution in [0.1, 0.15) is 126 Å². The van der Waals surface area contributed by atoms with E-state index in [2.05, 4.69) is 79.8 Å². The molecule has 9 rings (SSSR count). The number of aliphatic hydroxyl groups is 1. The highest BCUT2D eigenvalue weighted by Crippen LogP contribution is 2.67. The number of rotatable bonds is 16. The third kappa shape index (κ3) is 10.5. The first-order chi connectivity index (χ1) is 34.9. The number of hydrogen-bond donors (Lipinski definition) is 8. The van der Waals surface area contributed by atoms with Gasteiger partial charge in [0.1, 0.15) is 17.8 Å². The molecule has 2 amide bonds. The van der Waals surface area contributed by atoms with Crippen molar-refractivity contribution in [2.75, 3.05) is 26.0 Å². The number of carbonyl (C=O) groups excluding carboxylic acids is 3. The second-order valence-corrected chi connectivity index (χ2v) is 22.7. The molecule has 1 saturated heterocycles. The van der Waals surface area contributed by atoms with Crippen molar-refractivity contribution in [2.24, 2.45) is 28.1 Å². The Morgan fingerprint density at radius 1 is 0.861 bits per heavy atom. The highest BCUT2D eigenvalue weighted by molar-refractivity contribution is 8.00. The van der Waals surface area contributed by atoms with Gasteiger partial charge in [0.2, 0.25) is 18.0 Å². The van der Waals surface area contributed by atoms with Crippen LogP contribution in [0.5, 0.6) is 0 Å². The summed E-state index contributed by atoms with van der Waals surface area (Å²) in [6, 6.07) is 10.2. The third-order valence-electron chi connectivity index (χ3n) is 17.4. The van der Waals surface area contributed by atoms with E-state index in [1.165, 1.54) is 28.5 Å². The Hall–Kier alpha value is -5.05. The van der Waals surface area contributed by atoms with Gasteiger partial charge >= 0.3 is 17.9 Å². The quantitative estimate of drug-likeness (QED) is 0.0437. The number of pyridine rings is 1. The lowest BCUT2D eigenvalue weighted by molar-refractivity contribution is -0.151. The molecule has 3 heterocycles. The Kier molecular flexibility index (Phi) is 16.3. The number of amides is 2. The van der Waals surface area contributed by atoms with Gasteiger partial charge in [-0.25, -0.2) is 9.59 Å². The van der Waals surface area contributed by atoms with E-state index >= 15 is 4.79 Å². The SMILES string of the molecule is CNCNC(CCC(=O)NC(CSC1C2=C3C(CC(Cc4ccncc4)=C4C5NCCCC5Cc5ccccc5CC#CC43C(=O)O2)C2(CCCC2)CCCCC12CCCC2)C(=O)NC(O)C(=O)O)C(=O)O. The Morgan fingerprint density at radius 3 is 2.21 bits per heavy atom. The number of nitrogens with zero attached hydrogens (tertiary/aromatic N) is 1. The zero-order valence-electron chi connectivity index (χ0n) is 41.6. The second-order valence-electron chi connectivity index (χ2n) is 21.6. The first kappa shape index (κ1) is 51.8. The average Bonchev–Trinajstić information content (AvgIpc) is 4.12. The maximum Gasteiger partial charge on any atom is 0.353 e. The molecule has 2 aliphatic heterocycles. The van der Waals surface area contributed by atoms with Crippen LogP contribution in [0.25, 0.3) is 0 Å². The molecule has 3 fully saturated rings. The lowest BCUT2D eigenvalue weighted by Crippen LogP contribution is -2.53. The Balaban J connectivity index is 1.22. The van der Waals surface area contributed by atoms with Gasteiger partial charge in [0.15, 0.2) is 5.41 Å². The largest absolute Gasteiger partial charge is 0.480 e. The number of carboxylic acid groups (broad SMARTS) is 2. The Labute approximate surface area is 427 Å². The van der Waals surface area contributed by atoms with Crippen molar-refractivity contribution in [3.05, 3.63) is 88.0 Å². The third-order valence-corrected chi connectivity index (χ3v) is 19.0. The van der Waals surface area contributed by atoms with Crippen molar-refractivity contribution < 1.29 is 44.0 Å². The highest BCUT2D eigenvalue weighted by atomic mass is 32.2. The molecule has 7 aliphatic rings. The topological polar surface area (TPSA) is 228 Å². The minimum Gasteiger partial charge on any atom is -0.480 e. The number of aliphatic carboxylic acids is 2. The summed E-state index contributed by atoms with van der Waals surface area (Å²) in [5.74, 6) is 3.61. The Bertz CT molecular complexity index is 2490. The van der Waals surface area contributed by atoms with E-state index in [-0.39, 0.29) is 59.9 Å². The highest BCUT2D eigenvalue weighted by Gasteiger charge is 2.65. The number of carbonyl (C=O) groups is 5. The second kappa shape index (κ2) is 22.6. The fourth-order valence-electron chi connectivity index (χ4n) is 14.0. The van der Waals surface area contributed by atoms with E-state index in [1.54, 1.807) is 7.05 Å². The molecule has 2 saturated carbocycles. The van der Waals surface area contributed by atoms with Crippen LogP contribution in [0.15, 0.2) is 71.3 Å². The lowest BCUT2D eigenvalue weighted by Gasteiger charge is -2.51. The molecular weight excluding hydrogens is 933 g/mol. The fourth-order valence-corrected chi connectivity index (χ4v) is 15.7. The van der Waals surface area contributed by atoms with Crippen molar-refractivity contribution in [3.8, 4) is 11.8 Å². The molecule has 15 nitrogen and oxygen atoms in total. The number of fused-ring (bicyclic) bond motifs is 4. The van der Waals surface area contributed by atoms with Crippen LogP contribution in [0, 0.1) is 39.9 Å². The number of benzene rings is 1. The molecule has 72 heavy (non-hydrogen) atoms. The molecule has 1 aromatic carbocycles. The fraction of sp³-hybridized carbons (Fsp3) is 0.607. The summed E-state index contributed by atoms with van der Waals surface area (Å²) in [5, 5.41) is 44.1. The number of carboxylic acids is 2. The Morgan fingerprint density at radius 2 is 1.54 bits per heavy atom. The molecule has 5 aliphatic carbocycles. The average molecular weight is 1010 g/mol. The van der Waals surface area contributed by atoms with Gasteiger partial charge in [0, 0.05) is 49.3 Å². The zero-order valence-corrected chi connectivity index (χ0v) is 42.4. The monoisotopic (exact) mass is 1000 g/mol. The van der Waals surface area contributed by atoms with Crippen molar-refractivity contribution in [1.82, 2.24) is 31.6 Å². The number of esters is 1. The number of aliphatic hydroxyl groups excluding tert-OH is 1. The van der Waals surface area contributed by atoms with Gasteiger partial charge in [-0.1, -0.05) is 80.2 Å².